The lowest BCUT2D eigenvalue weighted by molar-refractivity contribution is -0.120. The number of hydrogen-bond acceptors (Lipinski definition) is 3. The summed E-state index contributed by atoms with van der Waals surface area (Å²) in [5.41, 5.74) is 1.07. The second kappa shape index (κ2) is 4.42. The number of rotatable bonds is 3. The van der Waals surface area contributed by atoms with Crippen LogP contribution in [0.25, 0.3) is 0 Å². The van der Waals surface area contributed by atoms with Crippen molar-refractivity contribution in [3.63, 3.8) is 0 Å². The number of ether oxygens (including phenoxy) is 1. The van der Waals surface area contributed by atoms with E-state index in [1.807, 2.05) is 17.1 Å². The Hall–Kier alpha value is -0.870. The maximum atomic E-state index is 11.2. The molecule has 1 aliphatic carbocycles. The lowest BCUT2D eigenvalue weighted by Crippen LogP contribution is -2.23. The summed E-state index contributed by atoms with van der Waals surface area (Å²) < 4.78 is 7.70. The molecule has 1 unspecified atom stereocenters. The molecule has 1 aromatic rings. The number of nitrogens with zero attached hydrogens (tertiary/aromatic N) is 2. The third kappa shape index (κ3) is 2.38. The monoisotopic (exact) mass is 254 g/mol. The highest BCUT2D eigenvalue weighted by atomic mass is 35.5. The zero-order valence-corrected chi connectivity index (χ0v) is 10.3. The molecule has 0 N–H and O–H groups in total. The first-order valence-corrected chi connectivity index (χ1v) is 6.47. The van der Waals surface area contributed by atoms with Crippen LogP contribution in [-0.4, -0.2) is 21.6 Å². The van der Waals surface area contributed by atoms with Gasteiger partial charge in [-0.2, -0.15) is 5.10 Å². The molecule has 1 saturated carbocycles. The minimum absolute atomic E-state index is 0.0241. The van der Waals surface area contributed by atoms with Crippen molar-refractivity contribution in [2.45, 2.75) is 37.8 Å². The zero-order valence-electron chi connectivity index (χ0n) is 9.51. The van der Waals surface area contributed by atoms with Crippen LogP contribution in [0.3, 0.4) is 0 Å². The number of carbonyl (C=O) groups is 1. The van der Waals surface area contributed by atoms with Crippen molar-refractivity contribution in [3.8, 4) is 0 Å². The average Bonchev–Trinajstić information content (AvgIpc) is 3.07. The summed E-state index contributed by atoms with van der Waals surface area (Å²) in [4.78, 5) is 11.2. The molecular weight excluding hydrogens is 240 g/mol. The topological polar surface area (TPSA) is 44.1 Å². The van der Waals surface area contributed by atoms with Crippen molar-refractivity contribution < 1.29 is 9.53 Å². The van der Waals surface area contributed by atoms with Crippen molar-refractivity contribution in [2.24, 2.45) is 5.92 Å². The molecule has 0 spiro atoms. The zero-order chi connectivity index (χ0) is 11.8. The SMILES string of the molecule is O=C(Cl)C1CCO[C@H](c2cnn(C3CC3)c2)C1. The molecule has 1 aromatic heterocycles. The van der Waals surface area contributed by atoms with E-state index >= 15 is 0 Å². The average molecular weight is 255 g/mol. The van der Waals surface area contributed by atoms with E-state index in [1.54, 1.807) is 0 Å². The highest BCUT2D eigenvalue weighted by molar-refractivity contribution is 6.63. The van der Waals surface area contributed by atoms with Gasteiger partial charge in [0.2, 0.25) is 5.24 Å². The first-order valence-electron chi connectivity index (χ1n) is 6.09. The fourth-order valence-electron chi connectivity index (χ4n) is 2.29. The van der Waals surface area contributed by atoms with Crippen molar-refractivity contribution in [3.05, 3.63) is 18.0 Å². The molecular formula is C12H15ClN2O2. The second-order valence-electron chi connectivity index (χ2n) is 4.87. The maximum Gasteiger partial charge on any atom is 0.224 e. The van der Waals surface area contributed by atoms with Gasteiger partial charge in [-0.1, -0.05) is 0 Å². The Labute approximate surface area is 105 Å². The largest absolute Gasteiger partial charge is 0.373 e. The van der Waals surface area contributed by atoms with Crippen LogP contribution < -0.4 is 0 Å². The molecule has 4 nitrogen and oxygen atoms in total. The first-order chi connectivity index (χ1) is 8.24. The van der Waals surface area contributed by atoms with E-state index in [0.717, 1.165) is 12.0 Å². The maximum absolute atomic E-state index is 11.2. The molecule has 5 heteroatoms. The second-order valence-corrected chi connectivity index (χ2v) is 5.24. The van der Waals surface area contributed by atoms with Gasteiger partial charge in [-0.25, -0.2) is 0 Å². The summed E-state index contributed by atoms with van der Waals surface area (Å²) in [6, 6.07) is 0.581. The molecule has 1 saturated heterocycles. The molecule has 0 radical (unpaired) electrons. The van der Waals surface area contributed by atoms with Gasteiger partial charge in [0.25, 0.3) is 0 Å². The fraction of sp³-hybridized carbons (Fsp3) is 0.667. The van der Waals surface area contributed by atoms with Gasteiger partial charge in [0.05, 0.1) is 18.3 Å². The van der Waals surface area contributed by atoms with E-state index in [9.17, 15) is 4.79 Å². The Balaban J connectivity index is 1.71. The molecule has 2 fully saturated rings. The molecule has 2 aliphatic rings. The van der Waals surface area contributed by atoms with Gasteiger partial charge < -0.3 is 4.74 Å². The Morgan fingerprint density at radius 1 is 1.47 bits per heavy atom. The summed E-state index contributed by atoms with van der Waals surface area (Å²) >= 11 is 5.56. The van der Waals surface area contributed by atoms with E-state index in [2.05, 4.69) is 5.10 Å². The number of carbonyl (C=O) groups excluding carboxylic acids is 1. The van der Waals surface area contributed by atoms with Crippen molar-refractivity contribution in [2.75, 3.05) is 6.61 Å². The fourth-order valence-corrected chi connectivity index (χ4v) is 2.49. The summed E-state index contributed by atoms with van der Waals surface area (Å²) in [5.74, 6) is -0.0697. The third-order valence-corrected chi connectivity index (χ3v) is 3.83. The Kier molecular flexibility index (Phi) is 2.92. The van der Waals surface area contributed by atoms with E-state index in [1.165, 1.54) is 12.8 Å². The quantitative estimate of drug-likeness (QED) is 0.779. The van der Waals surface area contributed by atoms with Crippen LogP contribution >= 0.6 is 11.6 Å². The highest BCUT2D eigenvalue weighted by Crippen LogP contribution is 2.37. The van der Waals surface area contributed by atoms with Crippen LogP contribution in [0.5, 0.6) is 0 Å². The molecule has 0 bridgehead atoms. The molecule has 2 heterocycles. The summed E-state index contributed by atoms with van der Waals surface area (Å²) in [6.07, 6.45) is 7.72. The number of aromatic nitrogens is 2. The van der Waals surface area contributed by atoms with Gasteiger partial charge in [0, 0.05) is 24.3 Å². The molecule has 3 rings (SSSR count). The van der Waals surface area contributed by atoms with Gasteiger partial charge in [0.1, 0.15) is 0 Å². The number of halogens is 1. The summed E-state index contributed by atoms with van der Waals surface area (Å²) in [6.45, 7) is 0.600. The normalized spacial score (nSPS) is 29.2. The predicted molar refractivity (Wildman–Crippen MR) is 62.8 cm³/mol. The highest BCUT2D eigenvalue weighted by Gasteiger charge is 2.30. The lowest BCUT2D eigenvalue weighted by atomic mass is 9.94. The molecule has 2 atom stereocenters. The third-order valence-electron chi connectivity index (χ3n) is 3.52. The Morgan fingerprint density at radius 3 is 3.00 bits per heavy atom. The van der Waals surface area contributed by atoms with Crippen molar-refractivity contribution >= 4 is 16.8 Å². The van der Waals surface area contributed by atoms with Crippen molar-refractivity contribution in [1.29, 1.82) is 0 Å². The van der Waals surface area contributed by atoms with Gasteiger partial charge in [-0.3, -0.25) is 9.48 Å². The minimum Gasteiger partial charge on any atom is -0.373 e. The first kappa shape index (κ1) is 11.2. The molecule has 92 valence electrons. The van der Waals surface area contributed by atoms with Crippen LogP contribution in [0.1, 0.15) is 43.4 Å². The Morgan fingerprint density at radius 2 is 2.29 bits per heavy atom. The predicted octanol–water partition coefficient (Wildman–Crippen LogP) is 2.45. The van der Waals surface area contributed by atoms with Crippen LogP contribution in [0.4, 0.5) is 0 Å². The van der Waals surface area contributed by atoms with Gasteiger partial charge in [-0.15, -0.1) is 0 Å². The van der Waals surface area contributed by atoms with Crippen molar-refractivity contribution in [1.82, 2.24) is 9.78 Å². The summed E-state index contributed by atoms with van der Waals surface area (Å²) in [5, 5.41) is 4.10. The van der Waals surface area contributed by atoms with Gasteiger partial charge in [-0.05, 0) is 37.3 Å². The minimum atomic E-state index is -0.243. The molecule has 0 aromatic carbocycles. The smallest absolute Gasteiger partial charge is 0.224 e. The van der Waals surface area contributed by atoms with E-state index < -0.39 is 0 Å². The van der Waals surface area contributed by atoms with Gasteiger partial charge >= 0.3 is 0 Å². The van der Waals surface area contributed by atoms with Crippen LogP contribution in [0, 0.1) is 5.92 Å². The molecule has 17 heavy (non-hydrogen) atoms. The van der Waals surface area contributed by atoms with E-state index in [4.69, 9.17) is 16.3 Å². The molecule has 0 amide bonds. The van der Waals surface area contributed by atoms with E-state index in [-0.39, 0.29) is 17.3 Å². The van der Waals surface area contributed by atoms with Crippen LogP contribution in [0.2, 0.25) is 0 Å². The number of hydrogen-bond donors (Lipinski definition) is 0. The van der Waals surface area contributed by atoms with Crippen LogP contribution in [-0.2, 0) is 9.53 Å². The Bertz CT molecular complexity index is 428. The molecule has 1 aliphatic heterocycles. The van der Waals surface area contributed by atoms with Gasteiger partial charge in [0.15, 0.2) is 0 Å². The summed E-state index contributed by atoms with van der Waals surface area (Å²) in [7, 11) is 0. The lowest BCUT2D eigenvalue weighted by Gasteiger charge is -2.26. The standard InChI is InChI=1S/C12H15ClN2O2/c13-12(16)8-3-4-17-11(5-8)9-6-14-15(7-9)10-1-2-10/h6-8,10-11H,1-5H2/t8?,11-/m0/s1. The van der Waals surface area contributed by atoms with Crippen LogP contribution in [0.15, 0.2) is 12.4 Å². The van der Waals surface area contributed by atoms with E-state index in [0.29, 0.717) is 19.1 Å².